The van der Waals surface area contributed by atoms with Crippen molar-refractivity contribution >= 4 is 16.8 Å². The summed E-state index contributed by atoms with van der Waals surface area (Å²) in [6.45, 7) is 4.85. The fourth-order valence-corrected chi connectivity index (χ4v) is 9.15. The average Bonchev–Trinajstić information content (AvgIpc) is 3.26. The van der Waals surface area contributed by atoms with Crippen LogP contribution in [-0.2, 0) is 4.79 Å². The molecule has 0 bridgehead atoms. The maximum Gasteiger partial charge on any atom is 0.238 e. The maximum atomic E-state index is 12.1. The molecule has 4 saturated carbocycles. The van der Waals surface area contributed by atoms with Crippen LogP contribution in [0.15, 0.2) is 39.5 Å². The van der Waals surface area contributed by atoms with Crippen LogP contribution in [0.4, 0.5) is 0 Å². The lowest BCUT2D eigenvalue weighted by Gasteiger charge is -2.60. The summed E-state index contributed by atoms with van der Waals surface area (Å²) in [6, 6.07) is 5.64. The van der Waals surface area contributed by atoms with Crippen LogP contribution in [-0.4, -0.2) is 42.5 Å². The van der Waals surface area contributed by atoms with E-state index < -0.39 is 22.7 Å². The Balaban J connectivity index is 0.000000153. The van der Waals surface area contributed by atoms with Crippen LogP contribution >= 0.6 is 0 Å². The van der Waals surface area contributed by atoms with Crippen LogP contribution in [0.5, 0.6) is 28.7 Å². The average molecular weight is 593 g/mol. The number of rotatable bonds is 1. The Morgan fingerprint density at radius 3 is 2.28 bits per heavy atom. The van der Waals surface area contributed by atoms with Gasteiger partial charge in [0.2, 0.25) is 11.2 Å². The van der Waals surface area contributed by atoms with Gasteiger partial charge in [0, 0.05) is 30.5 Å². The largest absolute Gasteiger partial charge is 0.508 e. The molecule has 0 radical (unpaired) electrons. The molecule has 4 aliphatic carbocycles. The van der Waals surface area contributed by atoms with Crippen LogP contribution in [0.2, 0.25) is 0 Å². The van der Waals surface area contributed by atoms with Gasteiger partial charge in [0.25, 0.3) is 0 Å². The number of carbonyl (C=O) groups is 1. The Hall–Kier alpha value is -3.72. The van der Waals surface area contributed by atoms with Gasteiger partial charge in [-0.25, -0.2) is 0 Å². The SMILES string of the molecule is C[C@]12CCC(=O)C[C@@H]1CC[C@@H]1[C@@H]2CC[C@]2(C)[C@@H](O)CC[C@@H]12.O=c1c(O)c(-c2ccc(O)c(O)c2)oc2cc(O)cc(O)c12. The molecule has 1 aromatic heterocycles. The highest BCUT2D eigenvalue weighted by Crippen LogP contribution is 2.65. The first kappa shape index (κ1) is 29.4. The standard InChI is InChI=1S/C19H30O2.C15H10O7/c1-18-9-7-13(20)11-12(18)3-4-14-15-5-6-17(21)19(15,2)10-8-16(14)18;16-7-4-10(19)12-11(5-7)22-15(14(21)13(12)20)6-1-2-8(17)9(18)3-6/h12,14-17,21H,3-11H2,1-2H3;1-5,16-19,21H/t12-,14-,15-,16-,17-,18-,19-;/m0./s1. The minimum Gasteiger partial charge on any atom is -0.508 e. The van der Waals surface area contributed by atoms with Gasteiger partial charge >= 0.3 is 0 Å². The second-order valence-electron chi connectivity index (χ2n) is 13.7. The highest BCUT2D eigenvalue weighted by Gasteiger charge is 2.60. The predicted molar refractivity (Wildman–Crippen MR) is 159 cm³/mol. The number of aliphatic hydroxyl groups excluding tert-OH is 1. The molecule has 3 aromatic rings. The summed E-state index contributed by atoms with van der Waals surface area (Å²) in [5, 5.41) is 58.1. The molecule has 43 heavy (non-hydrogen) atoms. The molecule has 7 rings (SSSR count). The van der Waals surface area contributed by atoms with E-state index in [4.69, 9.17) is 4.42 Å². The Morgan fingerprint density at radius 2 is 1.53 bits per heavy atom. The Bertz CT molecular complexity index is 1640. The molecule has 230 valence electrons. The van der Waals surface area contributed by atoms with Crippen LogP contribution < -0.4 is 5.43 Å². The summed E-state index contributed by atoms with van der Waals surface area (Å²) in [6.07, 6.45) is 10.0. The molecule has 9 nitrogen and oxygen atoms in total. The van der Waals surface area contributed by atoms with Crippen LogP contribution in [0, 0.1) is 34.5 Å². The third kappa shape index (κ3) is 4.72. The second kappa shape index (κ2) is 10.5. The van der Waals surface area contributed by atoms with Gasteiger partial charge in [-0.1, -0.05) is 13.8 Å². The molecular formula is C34H40O9. The molecule has 7 atom stereocenters. The van der Waals surface area contributed by atoms with Crippen molar-refractivity contribution in [3.05, 3.63) is 40.6 Å². The van der Waals surface area contributed by atoms with Gasteiger partial charge < -0.3 is 35.1 Å². The lowest BCUT2D eigenvalue weighted by Crippen LogP contribution is -2.54. The number of hydrogen-bond donors (Lipinski definition) is 6. The third-order valence-corrected chi connectivity index (χ3v) is 11.6. The summed E-state index contributed by atoms with van der Waals surface area (Å²) in [5.74, 6) is 0.808. The Labute approximate surface area is 249 Å². The molecule has 1 heterocycles. The number of phenols is 4. The van der Waals surface area contributed by atoms with Crippen LogP contribution in [0.3, 0.4) is 0 Å². The lowest BCUT2D eigenvalue weighted by molar-refractivity contribution is -0.141. The second-order valence-corrected chi connectivity index (χ2v) is 13.7. The van der Waals surface area contributed by atoms with Crippen molar-refractivity contribution in [2.24, 2.45) is 34.5 Å². The third-order valence-electron chi connectivity index (χ3n) is 11.6. The fourth-order valence-electron chi connectivity index (χ4n) is 9.15. The van der Waals surface area contributed by atoms with Crippen molar-refractivity contribution in [2.45, 2.75) is 77.7 Å². The van der Waals surface area contributed by atoms with Crippen molar-refractivity contribution in [3.63, 3.8) is 0 Å². The van der Waals surface area contributed by atoms with Crippen LogP contribution in [0.25, 0.3) is 22.3 Å². The number of aliphatic hydroxyl groups is 1. The molecule has 0 unspecified atom stereocenters. The zero-order chi connectivity index (χ0) is 30.8. The normalized spacial score (nSPS) is 33.2. The summed E-state index contributed by atoms with van der Waals surface area (Å²) in [7, 11) is 0. The predicted octanol–water partition coefficient (Wildman–Crippen LogP) is 5.95. The number of aromatic hydroxyl groups is 5. The van der Waals surface area contributed by atoms with E-state index in [1.165, 1.54) is 38.2 Å². The highest BCUT2D eigenvalue weighted by atomic mass is 16.4. The summed E-state index contributed by atoms with van der Waals surface area (Å²) >= 11 is 0. The fraction of sp³-hybridized carbons (Fsp3) is 0.529. The minimum atomic E-state index is -0.888. The van der Waals surface area contributed by atoms with E-state index in [9.17, 15) is 40.2 Å². The molecule has 9 heteroatoms. The number of fused-ring (bicyclic) bond motifs is 6. The van der Waals surface area contributed by atoms with Gasteiger partial charge in [-0.05, 0) is 97.6 Å². The van der Waals surface area contributed by atoms with Crippen molar-refractivity contribution in [2.75, 3.05) is 0 Å². The minimum absolute atomic E-state index is 0.0677. The quantitative estimate of drug-likeness (QED) is 0.187. The number of hydrogen-bond acceptors (Lipinski definition) is 9. The van der Waals surface area contributed by atoms with Crippen molar-refractivity contribution < 1.29 is 39.9 Å². The van der Waals surface area contributed by atoms with E-state index in [1.807, 2.05) is 0 Å². The van der Waals surface area contributed by atoms with Gasteiger partial charge in [-0.2, -0.15) is 0 Å². The molecule has 4 fully saturated rings. The Kier molecular flexibility index (Phi) is 7.15. The molecule has 0 saturated heterocycles. The summed E-state index contributed by atoms with van der Waals surface area (Å²) in [4.78, 5) is 24.0. The van der Waals surface area contributed by atoms with E-state index in [-0.39, 0.29) is 45.3 Å². The number of ketones is 1. The molecular weight excluding hydrogens is 552 g/mol. The smallest absolute Gasteiger partial charge is 0.238 e. The van der Waals surface area contributed by atoms with E-state index in [1.54, 1.807) is 0 Å². The number of phenolic OH excluding ortho intramolecular Hbond substituents is 4. The summed E-state index contributed by atoms with van der Waals surface area (Å²) < 4.78 is 5.35. The zero-order valence-electron chi connectivity index (χ0n) is 24.5. The molecule has 0 aliphatic heterocycles. The molecule has 0 amide bonds. The molecule has 0 spiro atoms. The molecule has 4 aliphatic rings. The number of benzene rings is 2. The lowest BCUT2D eigenvalue weighted by atomic mass is 9.45. The first-order chi connectivity index (χ1) is 20.3. The summed E-state index contributed by atoms with van der Waals surface area (Å²) in [5.41, 5.74) is -0.292. The Morgan fingerprint density at radius 1 is 0.791 bits per heavy atom. The van der Waals surface area contributed by atoms with Crippen molar-refractivity contribution in [3.8, 4) is 40.1 Å². The maximum absolute atomic E-state index is 12.1. The first-order valence-corrected chi connectivity index (χ1v) is 15.3. The monoisotopic (exact) mass is 592 g/mol. The van der Waals surface area contributed by atoms with Crippen molar-refractivity contribution in [1.29, 1.82) is 0 Å². The first-order valence-electron chi connectivity index (χ1n) is 15.3. The van der Waals surface area contributed by atoms with Crippen LogP contribution in [0.1, 0.15) is 71.6 Å². The number of Topliss-reactive ketones (excluding diaryl/α,β-unsaturated/α-hetero) is 1. The highest BCUT2D eigenvalue weighted by molar-refractivity contribution is 5.88. The molecule has 2 aromatic carbocycles. The van der Waals surface area contributed by atoms with E-state index in [0.717, 1.165) is 67.7 Å². The zero-order valence-corrected chi connectivity index (χ0v) is 24.5. The van der Waals surface area contributed by atoms with Gasteiger partial charge in [-0.15, -0.1) is 0 Å². The van der Waals surface area contributed by atoms with Gasteiger partial charge in [-0.3, -0.25) is 9.59 Å². The van der Waals surface area contributed by atoms with E-state index in [2.05, 4.69) is 13.8 Å². The van der Waals surface area contributed by atoms with E-state index >= 15 is 0 Å². The molecule has 6 N–H and O–H groups in total. The van der Waals surface area contributed by atoms with E-state index in [0.29, 0.717) is 17.1 Å². The topological polar surface area (TPSA) is 169 Å². The number of carbonyl (C=O) groups excluding carboxylic acids is 1. The van der Waals surface area contributed by atoms with Crippen molar-refractivity contribution in [1.82, 2.24) is 0 Å². The van der Waals surface area contributed by atoms with Gasteiger partial charge in [0.1, 0.15) is 28.3 Å². The van der Waals surface area contributed by atoms with Gasteiger partial charge in [0.05, 0.1) is 6.10 Å². The van der Waals surface area contributed by atoms with Gasteiger partial charge in [0.15, 0.2) is 17.3 Å².